The lowest BCUT2D eigenvalue weighted by Gasteiger charge is -2.09. The molecule has 30 heavy (non-hydrogen) atoms. The number of benzene rings is 3. The third-order valence-corrected chi connectivity index (χ3v) is 6.71. The number of sulfonamides is 1. The summed E-state index contributed by atoms with van der Waals surface area (Å²) in [4.78, 5) is 13.0. The standard InChI is InChI=1S/C21H18ClFN2O3S2/c1-14-2-9-18(10-3-14)30(27,28)25-15-4-7-17(8-5-15)29-13-21(26)24-16-6-11-20(23)19(22)12-16/h2-12,25H,13H2,1H3,(H,24,26). The smallest absolute Gasteiger partial charge is 0.261 e. The molecule has 0 saturated heterocycles. The van der Waals surface area contributed by atoms with Crippen LogP contribution < -0.4 is 10.0 Å². The van der Waals surface area contributed by atoms with Gasteiger partial charge in [0.15, 0.2) is 0 Å². The topological polar surface area (TPSA) is 75.3 Å². The Hall–Kier alpha value is -2.55. The average molecular weight is 465 g/mol. The summed E-state index contributed by atoms with van der Waals surface area (Å²) < 4.78 is 40.5. The van der Waals surface area contributed by atoms with E-state index in [0.717, 1.165) is 10.5 Å². The summed E-state index contributed by atoms with van der Waals surface area (Å²) in [6.45, 7) is 1.88. The highest BCUT2D eigenvalue weighted by Crippen LogP contribution is 2.23. The minimum absolute atomic E-state index is 0.0656. The third-order valence-electron chi connectivity index (χ3n) is 4.01. The van der Waals surface area contributed by atoms with Crippen LogP contribution in [0.1, 0.15) is 5.56 Å². The Kier molecular flexibility index (Phi) is 7.02. The zero-order valence-electron chi connectivity index (χ0n) is 15.9. The molecule has 0 radical (unpaired) electrons. The normalized spacial score (nSPS) is 11.2. The summed E-state index contributed by atoms with van der Waals surface area (Å²) in [5.74, 6) is -0.697. The third kappa shape index (κ3) is 5.98. The van der Waals surface area contributed by atoms with Crippen molar-refractivity contribution >= 4 is 50.7 Å². The number of aryl methyl sites for hydroxylation is 1. The van der Waals surface area contributed by atoms with Gasteiger partial charge in [0.1, 0.15) is 5.82 Å². The molecule has 2 N–H and O–H groups in total. The van der Waals surface area contributed by atoms with E-state index in [9.17, 15) is 17.6 Å². The molecule has 3 aromatic carbocycles. The second-order valence-electron chi connectivity index (χ2n) is 6.41. The fourth-order valence-corrected chi connectivity index (χ4v) is 4.41. The Morgan fingerprint density at radius 2 is 1.63 bits per heavy atom. The first-order valence-electron chi connectivity index (χ1n) is 8.80. The van der Waals surface area contributed by atoms with Gasteiger partial charge >= 0.3 is 0 Å². The molecule has 0 fully saturated rings. The summed E-state index contributed by atoms with van der Waals surface area (Å²) >= 11 is 6.98. The van der Waals surface area contributed by atoms with E-state index >= 15 is 0 Å². The Morgan fingerprint density at radius 1 is 1.00 bits per heavy atom. The lowest BCUT2D eigenvalue weighted by Crippen LogP contribution is -2.14. The molecule has 156 valence electrons. The molecule has 0 bridgehead atoms. The average Bonchev–Trinajstić information content (AvgIpc) is 2.70. The minimum atomic E-state index is -3.67. The highest BCUT2D eigenvalue weighted by Gasteiger charge is 2.14. The maximum atomic E-state index is 13.2. The largest absolute Gasteiger partial charge is 0.325 e. The number of carbonyl (C=O) groups excluding carboxylic acids is 1. The van der Waals surface area contributed by atoms with E-state index in [2.05, 4.69) is 10.0 Å². The van der Waals surface area contributed by atoms with Gasteiger partial charge in [0, 0.05) is 16.3 Å². The van der Waals surface area contributed by atoms with E-state index in [1.807, 2.05) is 6.92 Å². The lowest BCUT2D eigenvalue weighted by atomic mass is 10.2. The van der Waals surface area contributed by atoms with Gasteiger partial charge in [0.05, 0.1) is 15.7 Å². The highest BCUT2D eigenvalue weighted by molar-refractivity contribution is 8.00. The van der Waals surface area contributed by atoms with Crippen LogP contribution in [0.3, 0.4) is 0 Å². The van der Waals surface area contributed by atoms with Gasteiger partial charge in [-0.3, -0.25) is 9.52 Å². The molecule has 3 aromatic rings. The number of amides is 1. The van der Waals surface area contributed by atoms with Crippen LogP contribution in [0, 0.1) is 12.7 Å². The zero-order chi connectivity index (χ0) is 21.7. The fraction of sp³-hybridized carbons (Fsp3) is 0.0952. The summed E-state index contributed by atoms with van der Waals surface area (Å²) in [7, 11) is -3.67. The van der Waals surface area contributed by atoms with Crippen LogP contribution in [-0.2, 0) is 14.8 Å². The van der Waals surface area contributed by atoms with Crippen molar-refractivity contribution in [1.29, 1.82) is 0 Å². The molecular weight excluding hydrogens is 447 g/mol. The van der Waals surface area contributed by atoms with Crippen LogP contribution in [0.5, 0.6) is 0 Å². The van der Waals surface area contributed by atoms with Crippen LogP contribution in [-0.4, -0.2) is 20.1 Å². The van der Waals surface area contributed by atoms with Gasteiger partial charge in [-0.05, 0) is 61.5 Å². The number of nitrogens with one attached hydrogen (secondary N) is 2. The van der Waals surface area contributed by atoms with E-state index in [1.165, 1.54) is 30.0 Å². The van der Waals surface area contributed by atoms with Crippen molar-refractivity contribution in [2.24, 2.45) is 0 Å². The molecular formula is C21H18ClFN2O3S2. The van der Waals surface area contributed by atoms with Crippen LogP contribution >= 0.6 is 23.4 Å². The minimum Gasteiger partial charge on any atom is -0.325 e. The van der Waals surface area contributed by atoms with Crippen molar-refractivity contribution in [2.45, 2.75) is 16.7 Å². The number of carbonyl (C=O) groups is 1. The van der Waals surface area contributed by atoms with Gasteiger partial charge < -0.3 is 5.32 Å². The molecule has 0 heterocycles. The highest BCUT2D eigenvalue weighted by atomic mass is 35.5. The number of thioether (sulfide) groups is 1. The monoisotopic (exact) mass is 464 g/mol. The van der Waals surface area contributed by atoms with Gasteiger partial charge in [-0.1, -0.05) is 29.3 Å². The SMILES string of the molecule is Cc1ccc(S(=O)(=O)Nc2ccc(SCC(=O)Nc3ccc(F)c(Cl)c3)cc2)cc1. The summed E-state index contributed by atoms with van der Waals surface area (Å²) in [5, 5.41) is 2.58. The van der Waals surface area contributed by atoms with Gasteiger partial charge in [0.2, 0.25) is 5.91 Å². The molecule has 0 aliphatic rings. The Morgan fingerprint density at radius 3 is 2.27 bits per heavy atom. The Balaban J connectivity index is 1.55. The molecule has 5 nitrogen and oxygen atoms in total. The number of anilines is 2. The molecule has 0 aliphatic carbocycles. The van der Waals surface area contributed by atoms with Crippen LogP contribution in [0.25, 0.3) is 0 Å². The van der Waals surface area contributed by atoms with Crippen molar-refractivity contribution < 1.29 is 17.6 Å². The van der Waals surface area contributed by atoms with Crippen molar-refractivity contribution in [3.63, 3.8) is 0 Å². The fourth-order valence-electron chi connectivity index (χ4n) is 2.47. The second kappa shape index (κ2) is 9.51. The van der Waals surface area contributed by atoms with E-state index in [4.69, 9.17) is 11.6 Å². The molecule has 0 unspecified atom stereocenters. The molecule has 0 aromatic heterocycles. The van der Waals surface area contributed by atoms with Crippen LogP contribution in [0.4, 0.5) is 15.8 Å². The van der Waals surface area contributed by atoms with Crippen molar-refractivity contribution in [3.05, 3.63) is 83.1 Å². The molecule has 0 aliphatic heterocycles. The maximum absolute atomic E-state index is 13.2. The summed E-state index contributed by atoms with van der Waals surface area (Å²) in [6, 6.07) is 17.2. The lowest BCUT2D eigenvalue weighted by molar-refractivity contribution is -0.113. The van der Waals surface area contributed by atoms with Gasteiger partial charge in [0.25, 0.3) is 10.0 Å². The van der Waals surface area contributed by atoms with Crippen LogP contribution in [0.2, 0.25) is 5.02 Å². The quantitative estimate of drug-likeness (QED) is 0.464. The summed E-state index contributed by atoms with van der Waals surface area (Å²) in [5.41, 5.74) is 1.81. The molecule has 0 spiro atoms. The van der Waals surface area contributed by atoms with Crippen molar-refractivity contribution in [2.75, 3.05) is 15.8 Å². The molecule has 1 amide bonds. The molecule has 3 rings (SSSR count). The number of hydrogen-bond acceptors (Lipinski definition) is 4. The van der Waals surface area contributed by atoms with E-state index in [-0.39, 0.29) is 21.6 Å². The predicted octanol–water partition coefficient (Wildman–Crippen LogP) is 5.32. The Bertz CT molecular complexity index is 1150. The number of hydrogen-bond donors (Lipinski definition) is 2. The summed E-state index contributed by atoms with van der Waals surface area (Å²) in [6.07, 6.45) is 0. The van der Waals surface area contributed by atoms with Crippen molar-refractivity contribution in [3.8, 4) is 0 Å². The van der Waals surface area contributed by atoms with E-state index in [0.29, 0.717) is 11.4 Å². The van der Waals surface area contributed by atoms with Crippen LogP contribution in [0.15, 0.2) is 76.5 Å². The first-order chi connectivity index (χ1) is 14.2. The first-order valence-corrected chi connectivity index (χ1v) is 11.6. The number of halogens is 2. The van der Waals surface area contributed by atoms with Gasteiger partial charge in [-0.25, -0.2) is 12.8 Å². The maximum Gasteiger partial charge on any atom is 0.261 e. The Labute approximate surface area is 183 Å². The molecule has 0 atom stereocenters. The van der Waals surface area contributed by atoms with Gasteiger partial charge in [-0.2, -0.15) is 0 Å². The molecule has 0 saturated carbocycles. The number of rotatable bonds is 7. The molecule has 9 heteroatoms. The second-order valence-corrected chi connectivity index (χ2v) is 9.55. The van der Waals surface area contributed by atoms with Crippen molar-refractivity contribution in [1.82, 2.24) is 0 Å². The van der Waals surface area contributed by atoms with E-state index in [1.54, 1.807) is 48.5 Å². The first kappa shape index (κ1) is 22.1. The predicted molar refractivity (Wildman–Crippen MR) is 119 cm³/mol. The van der Waals surface area contributed by atoms with Gasteiger partial charge in [-0.15, -0.1) is 11.8 Å². The van der Waals surface area contributed by atoms with E-state index < -0.39 is 15.8 Å². The zero-order valence-corrected chi connectivity index (χ0v) is 18.2.